The number of carbonyl (C=O) groups is 2. The summed E-state index contributed by atoms with van der Waals surface area (Å²) in [6.45, 7) is 2.37. The lowest BCUT2D eigenvalue weighted by Gasteiger charge is -2.34. The summed E-state index contributed by atoms with van der Waals surface area (Å²) in [6.07, 6.45) is 4.07. The second kappa shape index (κ2) is 6.65. The highest BCUT2D eigenvalue weighted by atomic mass is 32.2. The maximum atomic E-state index is 12.0. The van der Waals surface area contributed by atoms with Crippen LogP contribution >= 0.6 is 11.8 Å². The van der Waals surface area contributed by atoms with Gasteiger partial charge in [0, 0.05) is 38.4 Å². The molecule has 2 amide bonds. The third kappa shape index (κ3) is 3.53. The van der Waals surface area contributed by atoms with Crippen LogP contribution in [-0.4, -0.2) is 59.8 Å². The number of hydrogen-bond acceptors (Lipinski definition) is 4. The molecule has 1 fully saturated rings. The summed E-state index contributed by atoms with van der Waals surface area (Å²) < 4.78 is 5.10. The summed E-state index contributed by atoms with van der Waals surface area (Å²) in [5, 5.41) is 0. The minimum absolute atomic E-state index is 0.0961. The highest BCUT2D eigenvalue weighted by Gasteiger charge is 2.25. The Bertz CT molecular complexity index is 425. The molecular formula is C13H18N2O3S. The molecule has 1 aliphatic heterocycles. The van der Waals surface area contributed by atoms with E-state index < -0.39 is 0 Å². The second-order valence-corrected chi connectivity index (χ2v) is 5.38. The quantitative estimate of drug-likeness (QED) is 0.835. The molecule has 1 aromatic rings. The Labute approximate surface area is 116 Å². The van der Waals surface area contributed by atoms with Crippen molar-refractivity contribution in [2.75, 3.05) is 38.2 Å². The van der Waals surface area contributed by atoms with Crippen molar-refractivity contribution in [1.82, 2.24) is 9.80 Å². The molecule has 6 heteroatoms. The van der Waals surface area contributed by atoms with Gasteiger partial charge in [0.15, 0.2) is 5.76 Å². The molecule has 1 aromatic heterocycles. The number of carbonyl (C=O) groups excluding carboxylic acids is 2. The molecule has 5 nitrogen and oxygen atoms in total. The highest BCUT2D eigenvalue weighted by Crippen LogP contribution is 2.10. The topological polar surface area (TPSA) is 53.8 Å². The first-order chi connectivity index (χ1) is 9.22. The number of amides is 2. The average Bonchev–Trinajstić information content (AvgIpc) is 2.98. The number of hydrogen-bond donors (Lipinski definition) is 0. The Balaban J connectivity index is 1.82. The van der Waals surface area contributed by atoms with E-state index in [0.717, 1.165) is 5.75 Å². The van der Waals surface area contributed by atoms with E-state index in [1.807, 2.05) is 11.2 Å². The van der Waals surface area contributed by atoms with Gasteiger partial charge >= 0.3 is 0 Å². The van der Waals surface area contributed by atoms with Crippen molar-refractivity contribution in [3.63, 3.8) is 0 Å². The molecule has 0 atom stereocenters. The van der Waals surface area contributed by atoms with Crippen molar-refractivity contribution in [3.05, 3.63) is 24.2 Å². The summed E-state index contributed by atoms with van der Waals surface area (Å²) in [5.41, 5.74) is 0. The zero-order valence-corrected chi connectivity index (χ0v) is 11.8. The van der Waals surface area contributed by atoms with E-state index in [2.05, 4.69) is 0 Å². The van der Waals surface area contributed by atoms with Crippen LogP contribution in [0.1, 0.15) is 17.0 Å². The van der Waals surface area contributed by atoms with Gasteiger partial charge in [-0.05, 0) is 18.4 Å². The molecular weight excluding hydrogens is 264 g/mol. The van der Waals surface area contributed by atoms with Crippen molar-refractivity contribution in [2.45, 2.75) is 6.42 Å². The molecule has 0 aromatic carbocycles. The molecule has 0 aliphatic carbocycles. The molecule has 2 rings (SSSR count). The van der Waals surface area contributed by atoms with Gasteiger partial charge < -0.3 is 14.2 Å². The van der Waals surface area contributed by atoms with Crippen LogP contribution in [0.4, 0.5) is 0 Å². The summed E-state index contributed by atoms with van der Waals surface area (Å²) >= 11 is 1.67. The van der Waals surface area contributed by atoms with Gasteiger partial charge in [-0.3, -0.25) is 9.59 Å². The van der Waals surface area contributed by atoms with E-state index in [4.69, 9.17) is 4.42 Å². The summed E-state index contributed by atoms with van der Waals surface area (Å²) in [7, 11) is 0. The zero-order valence-electron chi connectivity index (χ0n) is 11.0. The van der Waals surface area contributed by atoms with E-state index in [9.17, 15) is 9.59 Å². The lowest BCUT2D eigenvalue weighted by Crippen LogP contribution is -2.50. The maximum Gasteiger partial charge on any atom is 0.289 e. The molecule has 0 saturated carbocycles. The van der Waals surface area contributed by atoms with Crippen molar-refractivity contribution in [2.24, 2.45) is 0 Å². The Hall–Kier alpha value is -1.43. The zero-order chi connectivity index (χ0) is 13.7. The number of furan rings is 1. The van der Waals surface area contributed by atoms with E-state index in [0.29, 0.717) is 38.4 Å². The minimum atomic E-state index is -0.0961. The van der Waals surface area contributed by atoms with Crippen molar-refractivity contribution in [1.29, 1.82) is 0 Å². The third-order valence-corrected chi connectivity index (χ3v) is 3.78. The molecule has 0 radical (unpaired) electrons. The van der Waals surface area contributed by atoms with Gasteiger partial charge in [0.05, 0.1) is 6.26 Å². The van der Waals surface area contributed by atoms with Crippen molar-refractivity contribution >= 4 is 23.6 Å². The molecule has 0 N–H and O–H groups in total. The van der Waals surface area contributed by atoms with Crippen LogP contribution in [0.25, 0.3) is 0 Å². The Kier molecular flexibility index (Phi) is 4.90. The number of rotatable bonds is 4. The summed E-state index contributed by atoms with van der Waals surface area (Å²) in [5.74, 6) is 1.30. The van der Waals surface area contributed by atoms with Gasteiger partial charge in [0.25, 0.3) is 5.91 Å². The highest BCUT2D eigenvalue weighted by molar-refractivity contribution is 7.98. The smallest absolute Gasteiger partial charge is 0.289 e. The van der Waals surface area contributed by atoms with Gasteiger partial charge in [-0.2, -0.15) is 11.8 Å². The molecule has 0 unspecified atom stereocenters. The van der Waals surface area contributed by atoms with E-state index in [-0.39, 0.29) is 11.8 Å². The minimum Gasteiger partial charge on any atom is -0.459 e. The van der Waals surface area contributed by atoms with Crippen molar-refractivity contribution in [3.8, 4) is 0 Å². The summed E-state index contributed by atoms with van der Waals surface area (Å²) in [6, 6.07) is 3.37. The first kappa shape index (κ1) is 14.0. The predicted molar refractivity (Wildman–Crippen MR) is 74.2 cm³/mol. The van der Waals surface area contributed by atoms with Crippen LogP contribution in [-0.2, 0) is 4.79 Å². The fourth-order valence-corrected chi connectivity index (χ4v) is 2.44. The van der Waals surface area contributed by atoms with Gasteiger partial charge in [-0.1, -0.05) is 0 Å². The predicted octanol–water partition coefficient (Wildman–Crippen LogP) is 1.32. The van der Waals surface area contributed by atoms with Crippen LogP contribution in [0.3, 0.4) is 0 Å². The maximum absolute atomic E-state index is 12.0. The summed E-state index contributed by atoms with van der Waals surface area (Å²) in [4.78, 5) is 27.5. The van der Waals surface area contributed by atoms with E-state index in [1.165, 1.54) is 6.26 Å². The Morgan fingerprint density at radius 2 is 1.95 bits per heavy atom. The molecule has 0 spiro atoms. The molecule has 104 valence electrons. The standard InChI is InChI=1S/C13H18N2O3S/c1-19-10-4-12(16)14-5-7-15(8-6-14)13(17)11-3-2-9-18-11/h2-3,9H,4-8,10H2,1H3. The first-order valence-electron chi connectivity index (χ1n) is 6.32. The van der Waals surface area contributed by atoms with Gasteiger partial charge in [-0.15, -0.1) is 0 Å². The third-order valence-electron chi connectivity index (χ3n) is 3.17. The molecule has 1 saturated heterocycles. The van der Waals surface area contributed by atoms with Crippen LogP contribution in [0.15, 0.2) is 22.8 Å². The largest absolute Gasteiger partial charge is 0.459 e. The SMILES string of the molecule is CSCCC(=O)N1CCN(C(=O)c2ccco2)CC1. The number of piperazine rings is 1. The molecule has 1 aliphatic rings. The monoisotopic (exact) mass is 282 g/mol. The Morgan fingerprint density at radius 1 is 1.26 bits per heavy atom. The first-order valence-corrected chi connectivity index (χ1v) is 7.71. The van der Waals surface area contributed by atoms with E-state index >= 15 is 0 Å². The van der Waals surface area contributed by atoms with Gasteiger partial charge in [0.2, 0.25) is 5.91 Å². The van der Waals surface area contributed by atoms with Gasteiger partial charge in [0.1, 0.15) is 0 Å². The fourth-order valence-electron chi connectivity index (χ4n) is 2.06. The molecule has 0 bridgehead atoms. The second-order valence-electron chi connectivity index (χ2n) is 4.39. The van der Waals surface area contributed by atoms with Crippen LogP contribution < -0.4 is 0 Å². The lowest BCUT2D eigenvalue weighted by molar-refractivity contribution is -0.132. The fraction of sp³-hybridized carbons (Fsp3) is 0.538. The number of nitrogens with zero attached hydrogens (tertiary/aromatic N) is 2. The normalized spacial score (nSPS) is 15.6. The Morgan fingerprint density at radius 3 is 2.53 bits per heavy atom. The van der Waals surface area contributed by atoms with Gasteiger partial charge in [-0.25, -0.2) is 0 Å². The molecule has 2 heterocycles. The van der Waals surface area contributed by atoms with Crippen molar-refractivity contribution < 1.29 is 14.0 Å². The number of thioether (sulfide) groups is 1. The lowest BCUT2D eigenvalue weighted by atomic mass is 10.2. The van der Waals surface area contributed by atoms with Crippen LogP contribution in [0.2, 0.25) is 0 Å². The van der Waals surface area contributed by atoms with Crippen LogP contribution in [0.5, 0.6) is 0 Å². The van der Waals surface area contributed by atoms with Crippen LogP contribution in [0, 0.1) is 0 Å². The van der Waals surface area contributed by atoms with E-state index in [1.54, 1.807) is 28.8 Å². The average molecular weight is 282 g/mol. The molecule has 19 heavy (non-hydrogen) atoms.